The molecule has 13 heavy (non-hydrogen) atoms. The summed E-state index contributed by atoms with van der Waals surface area (Å²) >= 11 is 0. The highest BCUT2D eigenvalue weighted by molar-refractivity contribution is 5.34. The minimum atomic E-state index is 0.185. The van der Waals surface area contributed by atoms with Crippen molar-refractivity contribution in [3.8, 4) is 0 Å². The molecule has 3 heteroatoms. The van der Waals surface area contributed by atoms with Gasteiger partial charge in [-0.3, -0.25) is 9.68 Å². The van der Waals surface area contributed by atoms with Crippen molar-refractivity contribution in [2.75, 3.05) is 6.61 Å². The highest BCUT2D eigenvalue weighted by atomic mass is 16.9. The Bertz CT molecular complexity index is 326. The predicted molar refractivity (Wildman–Crippen MR) is 46.5 cm³/mol. The second-order valence-electron chi connectivity index (χ2n) is 3.60. The maximum atomic E-state index is 5.36. The van der Waals surface area contributed by atoms with Crippen LogP contribution in [0.25, 0.3) is 0 Å². The van der Waals surface area contributed by atoms with E-state index in [4.69, 9.17) is 9.68 Å². The van der Waals surface area contributed by atoms with Gasteiger partial charge in [0.1, 0.15) is 6.10 Å². The fourth-order valence-electron chi connectivity index (χ4n) is 2.17. The molecule has 0 bridgehead atoms. The van der Waals surface area contributed by atoms with Gasteiger partial charge in [-0.15, -0.1) is 0 Å². The molecule has 0 amide bonds. The minimum Gasteiger partial charge on any atom is -0.276 e. The zero-order valence-electron chi connectivity index (χ0n) is 7.19. The lowest BCUT2D eigenvalue weighted by Crippen LogP contribution is -2.32. The Morgan fingerprint density at radius 2 is 2.23 bits per heavy atom. The minimum absolute atomic E-state index is 0.185. The molecule has 1 aliphatic heterocycles. The molecule has 0 aromatic heterocycles. The van der Waals surface area contributed by atoms with Crippen LogP contribution in [0.1, 0.15) is 17.2 Å². The Kier molecular flexibility index (Phi) is 1.62. The van der Waals surface area contributed by atoms with Gasteiger partial charge in [0.05, 0.1) is 6.61 Å². The molecule has 1 N–H and O–H groups in total. The van der Waals surface area contributed by atoms with Crippen LogP contribution in [0.5, 0.6) is 0 Å². The molecule has 1 heterocycles. The molecule has 0 spiro atoms. The summed E-state index contributed by atoms with van der Waals surface area (Å²) < 4.78 is 0. The Morgan fingerprint density at radius 1 is 1.31 bits per heavy atom. The van der Waals surface area contributed by atoms with Gasteiger partial charge >= 0.3 is 0 Å². The molecule has 1 fully saturated rings. The molecular weight excluding hydrogens is 166 g/mol. The monoisotopic (exact) mass is 177 g/mol. The third kappa shape index (κ3) is 1.09. The lowest BCUT2D eigenvalue weighted by molar-refractivity contribution is -0.260. The van der Waals surface area contributed by atoms with Crippen LogP contribution >= 0.6 is 0 Å². The average Bonchev–Trinajstić information content (AvgIpc) is 2.56. The van der Waals surface area contributed by atoms with Gasteiger partial charge < -0.3 is 0 Å². The molecule has 1 aromatic carbocycles. The van der Waals surface area contributed by atoms with Gasteiger partial charge in [-0.2, -0.15) is 0 Å². The van der Waals surface area contributed by atoms with Crippen LogP contribution in [-0.4, -0.2) is 6.61 Å². The third-order valence-electron chi connectivity index (χ3n) is 2.80. The van der Waals surface area contributed by atoms with Gasteiger partial charge in [0.15, 0.2) is 0 Å². The van der Waals surface area contributed by atoms with Crippen LogP contribution in [0.2, 0.25) is 0 Å². The van der Waals surface area contributed by atoms with Crippen LogP contribution < -0.4 is 5.64 Å². The van der Waals surface area contributed by atoms with E-state index in [2.05, 4.69) is 29.9 Å². The summed E-state index contributed by atoms with van der Waals surface area (Å²) in [5.41, 5.74) is 5.20. The summed E-state index contributed by atoms with van der Waals surface area (Å²) in [7, 11) is 0. The average molecular weight is 177 g/mol. The molecule has 0 radical (unpaired) electrons. The second kappa shape index (κ2) is 2.80. The highest BCUT2D eigenvalue weighted by Crippen LogP contribution is 2.39. The molecule has 1 aromatic rings. The van der Waals surface area contributed by atoms with Crippen molar-refractivity contribution in [2.45, 2.75) is 12.5 Å². The van der Waals surface area contributed by atoms with Crippen molar-refractivity contribution in [3.63, 3.8) is 0 Å². The highest BCUT2D eigenvalue weighted by Gasteiger charge is 2.36. The Morgan fingerprint density at radius 3 is 3.23 bits per heavy atom. The lowest BCUT2D eigenvalue weighted by Gasteiger charge is -2.25. The molecule has 68 valence electrons. The summed E-state index contributed by atoms with van der Waals surface area (Å²) in [4.78, 5) is 10.4. The van der Waals surface area contributed by atoms with Crippen molar-refractivity contribution in [2.24, 2.45) is 5.92 Å². The van der Waals surface area contributed by atoms with Crippen LogP contribution in [0.15, 0.2) is 24.3 Å². The Labute approximate surface area is 76.6 Å². The first-order valence-electron chi connectivity index (χ1n) is 4.55. The fourth-order valence-corrected chi connectivity index (χ4v) is 2.17. The van der Waals surface area contributed by atoms with E-state index in [1.54, 1.807) is 0 Å². The predicted octanol–water partition coefficient (Wildman–Crippen LogP) is 1.37. The SMILES string of the molecule is c1ccc2c(c1)CC1CONOC21. The van der Waals surface area contributed by atoms with Gasteiger partial charge in [-0.1, -0.05) is 29.9 Å². The van der Waals surface area contributed by atoms with Crippen LogP contribution in [0.4, 0.5) is 0 Å². The van der Waals surface area contributed by atoms with Crippen molar-refractivity contribution in [1.29, 1.82) is 0 Å². The quantitative estimate of drug-likeness (QED) is 0.649. The third-order valence-corrected chi connectivity index (χ3v) is 2.80. The van der Waals surface area contributed by atoms with Gasteiger partial charge in [0, 0.05) is 5.92 Å². The number of nitrogens with one attached hydrogen (secondary N) is 1. The maximum absolute atomic E-state index is 5.36. The molecule has 2 atom stereocenters. The van der Waals surface area contributed by atoms with Crippen LogP contribution in [-0.2, 0) is 16.1 Å². The van der Waals surface area contributed by atoms with E-state index in [9.17, 15) is 0 Å². The summed E-state index contributed by atoms with van der Waals surface area (Å²) in [6, 6.07) is 8.43. The van der Waals surface area contributed by atoms with E-state index in [0.29, 0.717) is 5.92 Å². The normalized spacial score (nSPS) is 31.1. The Hall–Kier alpha value is -0.900. The van der Waals surface area contributed by atoms with Crippen LogP contribution in [0.3, 0.4) is 0 Å². The number of benzene rings is 1. The number of rotatable bonds is 0. The topological polar surface area (TPSA) is 30.5 Å². The second-order valence-corrected chi connectivity index (χ2v) is 3.60. The molecule has 1 saturated heterocycles. The molecule has 2 aliphatic rings. The maximum Gasteiger partial charge on any atom is 0.112 e. The van der Waals surface area contributed by atoms with E-state index < -0.39 is 0 Å². The van der Waals surface area contributed by atoms with E-state index >= 15 is 0 Å². The molecule has 3 rings (SSSR count). The van der Waals surface area contributed by atoms with Gasteiger partial charge in [0.25, 0.3) is 0 Å². The van der Waals surface area contributed by atoms with Crippen molar-refractivity contribution in [3.05, 3.63) is 35.4 Å². The van der Waals surface area contributed by atoms with Crippen molar-refractivity contribution < 1.29 is 9.68 Å². The first-order chi connectivity index (χ1) is 6.45. The molecule has 2 unspecified atom stereocenters. The van der Waals surface area contributed by atoms with E-state index in [1.165, 1.54) is 11.1 Å². The fraction of sp³-hybridized carbons (Fsp3) is 0.400. The van der Waals surface area contributed by atoms with Crippen molar-refractivity contribution in [1.82, 2.24) is 5.64 Å². The zero-order valence-corrected chi connectivity index (χ0v) is 7.19. The summed E-state index contributed by atoms with van der Waals surface area (Å²) in [6.07, 6.45) is 1.26. The summed E-state index contributed by atoms with van der Waals surface area (Å²) in [5.74, 6) is 0.485. The number of hydrogen-bond donors (Lipinski definition) is 1. The zero-order chi connectivity index (χ0) is 8.67. The first-order valence-corrected chi connectivity index (χ1v) is 4.55. The first kappa shape index (κ1) is 7.50. The smallest absolute Gasteiger partial charge is 0.112 e. The molecular formula is C10H11NO2. The van der Waals surface area contributed by atoms with Gasteiger partial charge in [-0.25, -0.2) is 0 Å². The lowest BCUT2D eigenvalue weighted by atomic mass is 10.1. The Balaban J connectivity index is 2.01. The largest absolute Gasteiger partial charge is 0.276 e. The number of hydrogen-bond acceptors (Lipinski definition) is 3. The van der Waals surface area contributed by atoms with E-state index in [-0.39, 0.29) is 6.10 Å². The molecule has 1 aliphatic carbocycles. The van der Waals surface area contributed by atoms with Gasteiger partial charge in [-0.05, 0) is 17.5 Å². The molecule has 0 saturated carbocycles. The number of fused-ring (bicyclic) bond motifs is 3. The molecule has 3 nitrogen and oxygen atoms in total. The van der Waals surface area contributed by atoms with E-state index in [1.807, 2.05) is 0 Å². The van der Waals surface area contributed by atoms with Crippen LogP contribution in [0, 0.1) is 5.92 Å². The summed E-state index contributed by atoms with van der Waals surface area (Å²) in [5, 5.41) is 0. The van der Waals surface area contributed by atoms with Gasteiger partial charge in [0.2, 0.25) is 0 Å². The standard InChI is InChI=1S/C10H11NO2/c1-2-4-9-7(3-1)5-8-6-12-11-13-10(8)9/h1-4,8,10-11H,5-6H2. The summed E-state index contributed by atoms with van der Waals surface area (Å²) in [6.45, 7) is 0.735. The van der Waals surface area contributed by atoms with Crippen molar-refractivity contribution >= 4 is 0 Å². The van der Waals surface area contributed by atoms with E-state index in [0.717, 1.165) is 13.0 Å².